The van der Waals surface area contributed by atoms with Crippen LogP contribution in [0.25, 0.3) is 22.6 Å². The molecular formula is C30H34N4O8. The van der Waals surface area contributed by atoms with Crippen LogP contribution in [0, 0.1) is 13.8 Å². The number of rotatable bonds is 6. The van der Waals surface area contributed by atoms with Gasteiger partial charge in [-0.3, -0.25) is 14.4 Å². The number of hydrogen-bond acceptors (Lipinski definition) is 10. The highest BCUT2D eigenvalue weighted by molar-refractivity contribution is 6.09. The number of carbonyl (C=O) groups is 4. The highest BCUT2D eigenvalue weighted by Crippen LogP contribution is 2.36. The van der Waals surface area contributed by atoms with Crippen molar-refractivity contribution in [2.45, 2.75) is 65.5 Å². The van der Waals surface area contributed by atoms with Crippen LogP contribution in [0.15, 0.2) is 21.3 Å². The van der Waals surface area contributed by atoms with Crippen molar-refractivity contribution in [3.63, 3.8) is 0 Å². The number of aromatic nitrogens is 1. The molecule has 2 amide bonds. The molecule has 5 rings (SSSR count). The molecule has 2 saturated heterocycles. The minimum absolute atomic E-state index is 0.0135. The number of nitrogens with zero attached hydrogens (tertiary/aromatic N) is 3. The first-order chi connectivity index (χ1) is 20.1. The molecule has 2 atom stereocenters. The molecule has 222 valence electrons. The van der Waals surface area contributed by atoms with Crippen LogP contribution in [0.3, 0.4) is 0 Å². The van der Waals surface area contributed by atoms with Gasteiger partial charge in [-0.2, -0.15) is 0 Å². The average Bonchev–Trinajstić information content (AvgIpc) is 3.66. The number of likely N-dealkylation sites (tertiary alicyclic amines) is 2. The molecule has 0 saturated carbocycles. The molecule has 3 aliphatic heterocycles. The lowest BCUT2D eigenvalue weighted by molar-refractivity contribution is -0.148. The summed E-state index contributed by atoms with van der Waals surface area (Å²) in [6.07, 6.45) is 2.10. The van der Waals surface area contributed by atoms with Crippen molar-refractivity contribution in [3.8, 4) is 11.5 Å². The standard InChI is InChI=1S/C30H34N4O8/c1-5-40-29(38)18-9-7-13-33(18)27(36)17-12-11-15(3)25-22(17)32-23-20(21(31)24(35)16(4)26(23)42-25)28(37)34-14-8-10-19(34)30(39)41-6-2/h11-12,18-19H,5-10,13-14,31H2,1-4H3/t18-,19-/m0/s1. The van der Waals surface area contributed by atoms with Gasteiger partial charge in [0, 0.05) is 18.7 Å². The van der Waals surface area contributed by atoms with Gasteiger partial charge in [0.05, 0.1) is 30.0 Å². The van der Waals surface area contributed by atoms with Crippen molar-refractivity contribution in [1.29, 1.82) is 0 Å². The van der Waals surface area contributed by atoms with Crippen LogP contribution in [0.4, 0.5) is 5.69 Å². The van der Waals surface area contributed by atoms with E-state index in [-0.39, 0.29) is 64.7 Å². The second-order valence-electron chi connectivity index (χ2n) is 10.6. The summed E-state index contributed by atoms with van der Waals surface area (Å²) in [6.45, 7) is 7.69. The summed E-state index contributed by atoms with van der Waals surface area (Å²) in [5.41, 5.74) is 6.60. The monoisotopic (exact) mass is 578 g/mol. The summed E-state index contributed by atoms with van der Waals surface area (Å²) in [7, 11) is 0. The van der Waals surface area contributed by atoms with Crippen LogP contribution in [0.2, 0.25) is 0 Å². The predicted octanol–water partition coefficient (Wildman–Crippen LogP) is 2.83. The lowest BCUT2D eigenvalue weighted by Crippen LogP contribution is -2.42. The number of aryl methyl sites for hydroxylation is 1. The molecule has 12 nitrogen and oxygen atoms in total. The van der Waals surface area contributed by atoms with Crippen LogP contribution in [-0.4, -0.2) is 76.9 Å². The SMILES string of the molecule is CCOC(=O)[C@@H]1CCCN1C(=O)c1c2nc3c(C(=O)N4CCC[C@H]4C(=O)OCC)ccc(C)c3oc-2c(C)c(=O)c1N. The summed E-state index contributed by atoms with van der Waals surface area (Å²) >= 11 is 0. The lowest BCUT2D eigenvalue weighted by Gasteiger charge is -2.26. The van der Waals surface area contributed by atoms with E-state index in [9.17, 15) is 24.0 Å². The molecule has 1 aromatic carbocycles. The van der Waals surface area contributed by atoms with Crippen LogP contribution < -0.4 is 11.2 Å². The summed E-state index contributed by atoms with van der Waals surface area (Å²) < 4.78 is 16.6. The quantitative estimate of drug-likeness (QED) is 0.261. The van der Waals surface area contributed by atoms with Crippen molar-refractivity contribution < 1.29 is 33.1 Å². The van der Waals surface area contributed by atoms with Crippen LogP contribution in [-0.2, 0) is 19.1 Å². The van der Waals surface area contributed by atoms with Crippen LogP contribution in [0.1, 0.15) is 71.4 Å². The smallest absolute Gasteiger partial charge is 0.328 e. The van der Waals surface area contributed by atoms with E-state index in [1.54, 1.807) is 32.9 Å². The fourth-order valence-corrected chi connectivity index (χ4v) is 5.87. The maximum Gasteiger partial charge on any atom is 0.328 e. The maximum atomic E-state index is 14.0. The second-order valence-corrected chi connectivity index (χ2v) is 10.6. The fraction of sp³-hybridized carbons (Fsp3) is 0.467. The first kappa shape index (κ1) is 29.0. The molecule has 3 heterocycles. The van der Waals surface area contributed by atoms with Crippen LogP contribution >= 0.6 is 0 Å². The van der Waals surface area contributed by atoms with E-state index in [0.29, 0.717) is 37.8 Å². The summed E-state index contributed by atoms with van der Waals surface area (Å²) in [6, 6.07) is 1.76. The molecule has 0 bridgehead atoms. The molecule has 0 spiro atoms. The van der Waals surface area contributed by atoms with Crippen LogP contribution in [0.5, 0.6) is 0 Å². The highest BCUT2D eigenvalue weighted by Gasteiger charge is 2.40. The minimum atomic E-state index is -0.824. The number of ether oxygens (including phenoxy) is 2. The molecule has 1 aromatic rings. The van der Waals surface area contributed by atoms with Gasteiger partial charge in [-0.05, 0) is 65.0 Å². The third-order valence-electron chi connectivity index (χ3n) is 7.99. The third-order valence-corrected chi connectivity index (χ3v) is 7.99. The summed E-state index contributed by atoms with van der Waals surface area (Å²) in [5.74, 6) is -2.01. The maximum absolute atomic E-state index is 14.0. The van der Waals surface area contributed by atoms with Crippen molar-refractivity contribution in [3.05, 3.63) is 44.6 Å². The average molecular weight is 579 g/mol. The van der Waals surface area contributed by atoms with E-state index >= 15 is 0 Å². The van der Waals surface area contributed by atoms with E-state index in [0.717, 1.165) is 0 Å². The molecule has 2 fully saturated rings. The van der Waals surface area contributed by atoms with Crippen molar-refractivity contribution >= 4 is 40.5 Å². The van der Waals surface area contributed by atoms with Gasteiger partial charge in [0.25, 0.3) is 11.8 Å². The van der Waals surface area contributed by atoms with E-state index in [1.807, 2.05) is 0 Å². The Morgan fingerprint density at radius 1 is 0.952 bits per heavy atom. The lowest BCUT2D eigenvalue weighted by atomic mass is 9.99. The first-order valence-corrected chi connectivity index (χ1v) is 14.2. The topological polar surface area (TPSA) is 162 Å². The van der Waals surface area contributed by atoms with Gasteiger partial charge in [-0.15, -0.1) is 0 Å². The number of carbonyl (C=O) groups excluding carboxylic acids is 4. The Hall–Kier alpha value is -4.48. The Labute approximate surface area is 242 Å². The van der Waals surface area contributed by atoms with E-state index in [1.165, 1.54) is 16.7 Å². The van der Waals surface area contributed by atoms with Gasteiger partial charge in [0.2, 0.25) is 5.43 Å². The number of benzene rings is 2. The molecule has 2 N–H and O–H groups in total. The second kappa shape index (κ2) is 11.4. The van der Waals surface area contributed by atoms with E-state index in [2.05, 4.69) is 0 Å². The molecule has 0 radical (unpaired) electrons. The zero-order chi connectivity index (χ0) is 30.3. The molecule has 0 unspecified atom stereocenters. The number of esters is 2. The minimum Gasteiger partial charge on any atom is -0.464 e. The molecular weight excluding hydrogens is 544 g/mol. The van der Waals surface area contributed by atoms with Gasteiger partial charge in [-0.1, -0.05) is 6.07 Å². The van der Waals surface area contributed by atoms with E-state index in [4.69, 9.17) is 24.6 Å². The Balaban J connectivity index is 1.69. The van der Waals surface area contributed by atoms with Crippen molar-refractivity contribution in [1.82, 2.24) is 14.8 Å². The Bertz CT molecular complexity index is 1630. The van der Waals surface area contributed by atoms with E-state index < -0.39 is 41.3 Å². The van der Waals surface area contributed by atoms with Gasteiger partial charge >= 0.3 is 11.9 Å². The number of nitrogen functional groups attached to an aromatic ring is 1. The molecule has 42 heavy (non-hydrogen) atoms. The van der Waals surface area contributed by atoms with Gasteiger partial charge in [0.1, 0.15) is 23.3 Å². The highest BCUT2D eigenvalue weighted by atomic mass is 16.5. The summed E-state index contributed by atoms with van der Waals surface area (Å²) in [4.78, 5) is 73.8. The number of nitrogens with two attached hydrogens (primary N) is 1. The van der Waals surface area contributed by atoms with Gasteiger partial charge in [0.15, 0.2) is 11.3 Å². The van der Waals surface area contributed by atoms with Crippen molar-refractivity contribution in [2.24, 2.45) is 0 Å². The van der Waals surface area contributed by atoms with Gasteiger partial charge < -0.3 is 29.4 Å². The molecule has 1 aliphatic carbocycles. The fourth-order valence-electron chi connectivity index (χ4n) is 5.87. The predicted molar refractivity (Wildman–Crippen MR) is 152 cm³/mol. The number of hydrogen-bond donors (Lipinski definition) is 1. The number of anilines is 1. The molecule has 0 aromatic heterocycles. The number of fused-ring (bicyclic) bond motifs is 2. The normalized spacial score (nSPS) is 18.6. The zero-order valence-corrected chi connectivity index (χ0v) is 24.2. The Kier molecular flexibility index (Phi) is 7.89. The van der Waals surface area contributed by atoms with Crippen molar-refractivity contribution in [2.75, 3.05) is 32.0 Å². The van der Waals surface area contributed by atoms with Gasteiger partial charge in [-0.25, -0.2) is 14.6 Å². The number of amides is 2. The Morgan fingerprint density at radius 2 is 1.52 bits per heavy atom. The molecule has 12 heteroatoms. The first-order valence-electron chi connectivity index (χ1n) is 14.2. The zero-order valence-electron chi connectivity index (χ0n) is 24.2. The third kappa shape index (κ3) is 4.74. The Morgan fingerprint density at radius 3 is 2.10 bits per heavy atom. The molecule has 4 aliphatic rings. The largest absolute Gasteiger partial charge is 0.464 e. The summed E-state index contributed by atoms with van der Waals surface area (Å²) in [5, 5.41) is 0.